The highest BCUT2D eigenvalue weighted by Gasteiger charge is 2.03. The van der Waals surface area contributed by atoms with Gasteiger partial charge >= 0.3 is 5.97 Å². The Morgan fingerprint density at radius 2 is 1.88 bits per heavy atom. The zero-order valence-electron chi connectivity index (χ0n) is 10.4. The van der Waals surface area contributed by atoms with E-state index in [0.717, 1.165) is 13.0 Å². The van der Waals surface area contributed by atoms with Gasteiger partial charge in [-0.1, -0.05) is 38.0 Å². The van der Waals surface area contributed by atoms with Gasteiger partial charge < -0.3 is 9.47 Å². The van der Waals surface area contributed by atoms with E-state index in [1.807, 2.05) is 18.2 Å². The van der Waals surface area contributed by atoms with Gasteiger partial charge in [-0.3, -0.25) is 4.79 Å². The van der Waals surface area contributed by atoms with Crippen molar-refractivity contribution in [2.45, 2.75) is 32.6 Å². The number of carbonyl (C=O) groups is 1. The molecule has 0 fully saturated rings. The van der Waals surface area contributed by atoms with Crippen LogP contribution in [0.3, 0.4) is 0 Å². The van der Waals surface area contributed by atoms with Crippen LogP contribution >= 0.6 is 0 Å². The molecule has 0 bridgehead atoms. The molecule has 1 rings (SSSR count). The fraction of sp³-hybridized carbons (Fsp3) is 0.500. The number of carbonyl (C=O) groups excluding carboxylic acids is 1. The molecular formula is C14H20O3. The standard InChI is InChI=1S/C14H20O3/c1-2-3-7-11-16-12-10-14(15)17-13-8-5-4-6-9-13/h4-6,8-9H,2-3,7,10-12H2,1H3. The lowest BCUT2D eigenvalue weighted by molar-refractivity contribution is -0.135. The van der Waals surface area contributed by atoms with Crippen molar-refractivity contribution in [1.82, 2.24) is 0 Å². The van der Waals surface area contributed by atoms with Gasteiger partial charge in [0.1, 0.15) is 5.75 Å². The van der Waals surface area contributed by atoms with Crippen LogP contribution in [0.2, 0.25) is 0 Å². The lowest BCUT2D eigenvalue weighted by atomic mass is 10.3. The zero-order valence-corrected chi connectivity index (χ0v) is 10.4. The number of hydrogen-bond acceptors (Lipinski definition) is 3. The minimum Gasteiger partial charge on any atom is -0.426 e. The Morgan fingerprint density at radius 1 is 1.12 bits per heavy atom. The predicted molar refractivity (Wildman–Crippen MR) is 67.0 cm³/mol. The van der Waals surface area contributed by atoms with Crippen LogP contribution in [0.4, 0.5) is 0 Å². The summed E-state index contributed by atoms with van der Waals surface area (Å²) in [5.74, 6) is 0.343. The number of ether oxygens (including phenoxy) is 2. The van der Waals surface area contributed by atoms with Gasteiger partial charge in [-0.15, -0.1) is 0 Å². The molecule has 0 aromatic heterocycles. The summed E-state index contributed by atoms with van der Waals surface area (Å²) >= 11 is 0. The monoisotopic (exact) mass is 236 g/mol. The molecule has 1 aromatic carbocycles. The summed E-state index contributed by atoms with van der Waals surface area (Å²) in [6, 6.07) is 9.09. The number of unbranched alkanes of at least 4 members (excludes halogenated alkanes) is 2. The molecule has 0 amide bonds. The zero-order chi connectivity index (χ0) is 12.3. The summed E-state index contributed by atoms with van der Waals surface area (Å²) in [5, 5.41) is 0. The van der Waals surface area contributed by atoms with Crippen molar-refractivity contribution < 1.29 is 14.3 Å². The van der Waals surface area contributed by atoms with Crippen molar-refractivity contribution in [2.75, 3.05) is 13.2 Å². The molecule has 1 aromatic rings. The van der Waals surface area contributed by atoms with E-state index in [1.54, 1.807) is 12.1 Å². The molecule has 0 saturated heterocycles. The van der Waals surface area contributed by atoms with Gasteiger partial charge in [0.15, 0.2) is 0 Å². The smallest absolute Gasteiger partial charge is 0.313 e. The van der Waals surface area contributed by atoms with Crippen LogP contribution in [0.25, 0.3) is 0 Å². The molecule has 0 unspecified atom stereocenters. The fourth-order valence-corrected chi connectivity index (χ4v) is 1.38. The molecule has 0 saturated carbocycles. The Labute approximate surface area is 103 Å². The minimum atomic E-state index is -0.244. The van der Waals surface area contributed by atoms with E-state index >= 15 is 0 Å². The van der Waals surface area contributed by atoms with E-state index < -0.39 is 0 Å². The third kappa shape index (κ3) is 6.74. The maximum atomic E-state index is 11.4. The van der Waals surface area contributed by atoms with Crippen molar-refractivity contribution in [3.8, 4) is 5.75 Å². The van der Waals surface area contributed by atoms with Crippen LogP contribution in [-0.4, -0.2) is 19.2 Å². The number of hydrogen-bond donors (Lipinski definition) is 0. The SMILES string of the molecule is CCCCCOCCC(=O)Oc1ccccc1. The quantitative estimate of drug-likeness (QED) is 0.395. The maximum absolute atomic E-state index is 11.4. The van der Waals surface area contributed by atoms with E-state index in [2.05, 4.69) is 6.92 Å². The van der Waals surface area contributed by atoms with Crippen molar-refractivity contribution in [3.63, 3.8) is 0 Å². The molecule has 0 N–H and O–H groups in total. The normalized spacial score (nSPS) is 10.2. The van der Waals surface area contributed by atoms with Crippen molar-refractivity contribution in [2.24, 2.45) is 0 Å². The molecule has 3 heteroatoms. The van der Waals surface area contributed by atoms with Gasteiger partial charge in [0.2, 0.25) is 0 Å². The summed E-state index contributed by atoms with van der Waals surface area (Å²) in [7, 11) is 0. The van der Waals surface area contributed by atoms with Crippen LogP contribution in [0.1, 0.15) is 32.6 Å². The second-order valence-corrected chi connectivity index (χ2v) is 3.86. The van der Waals surface area contributed by atoms with Crippen LogP contribution in [0.15, 0.2) is 30.3 Å². The molecule has 0 aliphatic rings. The van der Waals surface area contributed by atoms with Gasteiger partial charge in [-0.05, 0) is 18.6 Å². The second kappa shape index (κ2) is 8.76. The summed E-state index contributed by atoms with van der Waals surface area (Å²) < 4.78 is 10.5. The van der Waals surface area contributed by atoms with Crippen LogP contribution in [-0.2, 0) is 9.53 Å². The first-order valence-electron chi connectivity index (χ1n) is 6.16. The molecule has 0 aliphatic heterocycles. The Hall–Kier alpha value is -1.35. The molecule has 0 atom stereocenters. The maximum Gasteiger partial charge on any atom is 0.313 e. The second-order valence-electron chi connectivity index (χ2n) is 3.86. The Kier molecular flexibility index (Phi) is 7.07. The predicted octanol–water partition coefficient (Wildman–Crippen LogP) is 3.19. The highest BCUT2D eigenvalue weighted by atomic mass is 16.5. The number of rotatable bonds is 8. The molecule has 0 spiro atoms. The summed E-state index contributed by atoms with van der Waals surface area (Å²) in [5.41, 5.74) is 0. The lowest BCUT2D eigenvalue weighted by Gasteiger charge is -2.05. The third-order valence-electron chi connectivity index (χ3n) is 2.32. The lowest BCUT2D eigenvalue weighted by Crippen LogP contribution is -2.11. The Bertz CT molecular complexity index is 309. The summed E-state index contributed by atoms with van der Waals surface area (Å²) in [6.07, 6.45) is 3.72. The Morgan fingerprint density at radius 3 is 2.59 bits per heavy atom. The molecule has 3 nitrogen and oxygen atoms in total. The topological polar surface area (TPSA) is 35.5 Å². The average Bonchev–Trinajstić information content (AvgIpc) is 2.35. The largest absolute Gasteiger partial charge is 0.426 e. The summed E-state index contributed by atoms with van der Waals surface area (Å²) in [6.45, 7) is 3.32. The van der Waals surface area contributed by atoms with Gasteiger partial charge in [-0.25, -0.2) is 0 Å². The molecule has 94 valence electrons. The van der Waals surface area contributed by atoms with E-state index in [-0.39, 0.29) is 5.97 Å². The molecule has 0 aliphatic carbocycles. The fourth-order valence-electron chi connectivity index (χ4n) is 1.38. The van der Waals surface area contributed by atoms with Gasteiger partial charge in [-0.2, -0.15) is 0 Å². The van der Waals surface area contributed by atoms with E-state index in [4.69, 9.17) is 9.47 Å². The average molecular weight is 236 g/mol. The number of para-hydroxylation sites is 1. The van der Waals surface area contributed by atoms with E-state index in [9.17, 15) is 4.79 Å². The first-order chi connectivity index (χ1) is 8.33. The highest BCUT2D eigenvalue weighted by molar-refractivity contribution is 5.72. The van der Waals surface area contributed by atoms with Crippen molar-refractivity contribution >= 4 is 5.97 Å². The van der Waals surface area contributed by atoms with Crippen molar-refractivity contribution in [1.29, 1.82) is 0 Å². The first kappa shape index (κ1) is 13.7. The van der Waals surface area contributed by atoms with E-state index in [1.165, 1.54) is 12.8 Å². The minimum absolute atomic E-state index is 0.244. The van der Waals surface area contributed by atoms with Crippen molar-refractivity contribution in [3.05, 3.63) is 30.3 Å². The first-order valence-corrected chi connectivity index (χ1v) is 6.16. The molecular weight excluding hydrogens is 216 g/mol. The number of benzene rings is 1. The third-order valence-corrected chi connectivity index (χ3v) is 2.32. The van der Waals surface area contributed by atoms with Crippen LogP contribution in [0.5, 0.6) is 5.75 Å². The molecule has 17 heavy (non-hydrogen) atoms. The van der Waals surface area contributed by atoms with Crippen LogP contribution in [0, 0.1) is 0 Å². The molecule has 0 radical (unpaired) electrons. The van der Waals surface area contributed by atoms with Gasteiger partial charge in [0, 0.05) is 6.61 Å². The van der Waals surface area contributed by atoms with Gasteiger partial charge in [0.25, 0.3) is 0 Å². The van der Waals surface area contributed by atoms with Gasteiger partial charge in [0.05, 0.1) is 13.0 Å². The number of esters is 1. The Balaban J connectivity index is 2.06. The van der Waals surface area contributed by atoms with E-state index in [0.29, 0.717) is 18.8 Å². The highest BCUT2D eigenvalue weighted by Crippen LogP contribution is 2.09. The van der Waals surface area contributed by atoms with Crippen LogP contribution < -0.4 is 4.74 Å². The molecule has 0 heterocycles. The summed E-state index contributed by atoms with van der Waals surface area (Å²) in [4.78, 5) is 11.4.